The van der Waals surface area contributed by atoms with E-state index in [4.69, 9.17) is 23.2 Å². The van der Waals surface area contributed by atoms with Crippen molar-refractivity contribution >= 4 is 44.7 Å². The fourth-order valence-corrected chi connectivity index (χ4v) is 2.97. The number of sulfonamides is 1. The van der Waals surface area contributed by atoms with Gasteiger partial charge in [0.1, 0.15) is 0 Å². The molecule has 0 aliphatic heterocycles. The summed E-state index contributed by atoms with van der Waals surface area (Å²) in [6.07, 6.45) is -3.74. The molecule has 0 spiro atoms. The van der Waals surface area contributed by atoms with Crippen molar-refractivity contribution in [2.24, 2.45) is 0 Å². The number of halogens is 5. The highest BCUT2D eigenvalue weighted by Crippen LogP contribution is 2.38. The molecule has 0 bridgehead atoms. The summed E-state index contributed by atoms with van der Waals surface area (Å²) in [7, 11) is -4.17. The zero-order valence-corrected chi connectivity index (χ0v) is 14.0. The molecule has 0 atom stereocenters. The van der Waals surface area contributed by atoms with Crippen molar-refractivity contribution in [3.8, 4) is 5.75 Å². The van der Waals surface area contributed by atoms with Crippen LogP contribution in [-0.4, -0.2) is 29.7 Å². The number of benzene rings is 1. The Morgan fingerprint density at radius 2 is 1.83 bits per heavy atom. The summed E-state index contributed by atoms with van der Waals surface area (Å²) in [5.74, 6) is -3.33. The smallest absolute Gasteiger partial charge is 0.451 e. The maximum Gasteiger partial charge on any atom is 0.451 e. The van der Waals surface area contributed by atoms with Gasteiger partial charge in [-0.15, -0.1) is 0 Å². The first kappa shape index (κ1) is 18.6. The molecule has 1 aromatic heterocycles. The number of aromatic hydroxyl groups is 1. The number of nitrogens with zero attached hydrogens (tertiary/aromatic N) is 3. The van der Waals surface area contributed by atoms with E-state index in [2.05, 4.69) is 9.97 Å². The molecule has 130 valence electrons. The van der Waals surface area contributed by atoms with E-state index < -0.39 is 33.6 Å². The van der Waals surface area contributed by atoms with Gasteiger partial charge >= 0.3 is 6.18 Å². The minimum absolute atomic E-state index is 0.0348. The Balaban J connectivity index is 2.72. The van der Waals surface area contributed by atoms with Gasteiger partial charge in [-0.2, -0.15) is 13.2 Å². The first-order valence-electron chi connectivity index (χ1n) is 6.00. The minimum Gasteiger partial charge on any atom is -0.503 e. The minimum atomic E-state index is -4.93. The molecule has 24 heavy (non-hydrogen) atoms. The van der Waals surface area contributed by atoms with Gasteiger partial charge in [0.15, 0.2) is 11.6 Å². The van der Waals surface area contributed by atoms with Crippen LogP contribution in [0, 0.1) is 0 Å². The zero-order valence-electron chi connectivity index (χ0n) is 11.7. The second kappa shape index (κ2) is 6.26. The van der Waals surface area contributed by atoms with Crippen molar-refractivity contribution in [2.45, 2.75) is 6.18 Å². The molecule has 0 fully saturated rings. The monoisotopic (exact) mass is 401 g/mol. The van der Waals surface area contributed by atoms with Crippen LogP contribution in [0.4, 0.5) is 24.7 Å². The fourth-order valence-electron chi connectivity index (χ4n) is 1.73. The van der Waals surface area contributed by atoms with Gasteiger partial charge in [0.05, 0.1) is 28.2 Å². The summed E-state index contributed by atoms with van der Waals surface area (Å²) in [6.45, 7) is 0. The Morgan fingerprint density at radius 3 is 2.33 bits per heavy atom. The van der Waals surface area contributed by atoms with Crippen molar-refractivity contribution in [3.63, 3.8) is 0 Å². The van der Waals surface area contributed by atoms with E-state index >= 15 is 0 Å². The zero-order chi connectivity index (χ0) is 18.3. The molecule has 0 unspecified atom stereocenters. The lowest BCUT2D eigenvalue weighted by atomic mass is 10.3. The van der Waals surface area contributed by atoms with Crippen molar-refractivity contribution in [1.29, 1.82) is 0 Å². The highest BCUT2D eigenvalue weighted by Gasteiger charge is 2.37. The van der Waals surface area contributed by atoms with Gasteiger partial charge in [0.25, 0.3) is 0 Å². The van der Waals surface area contributed by atoms with Crippen LogP contribution < -0.4 is 4.31 Å². The van der Waals surface area contributed by atoms with Crippen molar-refractivity contribution in [1.82, 2.24) is 9.97 Å². The number of rotatable bonds is 3. The van der Waals surface area contributed by atoms with Crippen molar-refractivity contribution in [2.75, 3.05) is 10.6 Å². The standard InChI is InChI=1S/C12H8Cl2F3N3O3S/c1-24(22,23)20(6-2-3-7(13)8(14)4-6)10-9(21)5-18-11(19-10)12(15,16)17/h2-5,21H,1H3. The highest BCUT2D eigenvalue weighted by molar-refractivity contribution is 7.92. The summed E-state index contributed by atoms with van der Waals surface area (Å²) >= 11 is 11.5. The van der Waals surface area contributed by atoms with Gasteiger partial charge < -0.3 is 5.11 Å². The Bertz CT molecular complexity index is 891. The van der Waals surface area contributed by atoms with Crippen LogP contribution in [0.25, 0.3) is 0 Å². The third-order valence-corrected chi connectivity index (χ3v) is 4.45. The van der Waals surface area contributed by atoms with Crippen LogP contribution >= 0.6 is 23.2 Å². The molecule has 0 saturated carbocycles. The molecule has 0 saturated heterocycles. The quantitative estimate of drug-likeness (QED) is 0.848. The summed E-state index contributed by atoms with van der Waals surface area (Å²) in [4.78, 5) is 6.07. The average molecular weight is 402 g/mol. The van der Waals surface area contributed by atoms with E-state index in [1.807, 2.05) is 0 Å². The van der Waals surface area contributed by atoms with Crippen molar-refractivity contribution < 1.29 is 26.7 Å². The first-order chi connectivity index (χ1) is 10.9. The van der Waals surface area contributed by atoms with Gasteiger partial charge in [-0.1, -0.05) is 23.2 Å². The molecule has 1 heterocycles. The van der Waals surface area contributed by atoms with E-state index in [1.54, 1.807) is 0 Å². The normalized spacial score (nSPS) is 12.2. The summed E-state index contributed by atoms with van der Waals surface area (Å²) in [5, 5.41) is 9.84. The van der Waals surface area contributed by atoms with E-state index in [0.717, 1.165) is 12.3 Å². The molecule has 0 aliphatic carbocycles. The van der Waals surface area contributed by atoms with E-state index in [0.29, 0.717) is 10.5 Å². The van der Waals surface area contributed by atoms with Gasteiger partial charge in [-0.25, -0.2) is 22.7 Å². The van der Waals surface area contributed by atoms with Crippen LogP contribution in [0.5, 0.6) is 5.75 Å². The molecule has 1 aromatic carbocycles. The molecule has 0 aliphatic rings. The Labute approximate surface area is 144 Å². The number of hydrogen-bond donors (Lipinski definition) is 1. The first-order valence-corrected chi connectivity index (χ1v) is 8.60. The van der Waals surface area contributed by atoms with Crippen LogP contribution in [0.2, 0.25) is 10.0 Å². The molecular weight excluding hydrogens is 394 g/mol. The Morgan fingerprint density at radius 1 is 1.21 bits per heavy atom. The predicted molar refractivity (Wildman–Crippen MR) is 82.1 cm³/mol. The molecule has 0 amide bonds. The summed E-state index contributed by atoms with van der Waals surface area (Å²) in [6, 6.07) is 3.56. The average Bonchev–Trinajstić information content (AvgIpc) is 2.42. The highest BCUT2D eigenvalue weighted by atomic mass is 35.5. The number of alkyl halides is 3. The van der Waals surface area contributed by atoms with Gasteiger partial charge in [-0.3, -0.25) is 0 Å². The van der Waals surface area contributed by atoms with E-state index in [-0.39, 0.29) is 15.7 Å². The second-order valence-electron chi connectivity index (χ2n) is 4.53. The molecular formula is C12H8Cl2F3N3O3S. The van der Waals surface area contributed by atoms with E-state index in [9.17, 15) is 26.7 Å². The largest absolute Gasteiger partial charge is 0.503 e. The Hall–Kier alpha value is -1.78. The second-order valence-corrected chi connectivity index (χ2v) is 7.17. The third kappa shape index (κ3) is 3.82. The Kier molecular flexibility index (Phi) is 4.84. The topological polar surface area (TPSA) is 83.4 Å². The van der Waals surface area contributed by atoms with Gasteiger partial charge in [0, 0.05) is 0 Å². The van der Waals surface area contributed by atoms with Crippen molar-refractivity contribution in [3.05, 3.63) is 40.3 Å². The fraction of sp³-hybridized carbons (Fsp3) is 0.167. The lowest BCUT2D eigenvalue weighted by Crippen LogP contribution is -2.27. The molecule has 2 aromatic rings. The number of hydrogen-bond acceptors (Lipinski definition) is 5. The number of aromatic nitrogens is 2. The maximum absolute atomic E-state index is 12.8. The summed E-state index contributed by atoms with van der Waals surface area (Å²) < 4.78 is 62.8. The summed E-state index contributed by atoms with van der Waals surface area (Å²) in [5.41, 5.74) is -0.158. The number of anilines is 2. The van der Waals surface area contributed by atoms with Crippen LogP contribution in [0.15, 0.2) is 24.4 Å². The molecule has 0 radical (unpaired) electrons. The molecule has 1 N–H and O–H groups in total. The maximum atomic E-state index is 12.8. The molecule has 12 heteroatoms. The lowest BCUT2D eigenvalue weighted by Gasteiger charge is -2.23. The third-order valence-electron chi connectivity index (χ3n) is 2.67. The van der Waals surface area contributed by atoms with Gasteiger partial charge in [0.2, 0.25) is 15.8 Å². The van der Waals surface area contributed by atoms with E-state index in [1.165, 1.54) is 12.1 Å². The van der Waals surface area contributed by atoms with Gasteiger partial charge in [-0.05, 0) is 18.2 Å². The van der Waals surface area contributed by atoms with Crippen LogP contribution in [0.3, 0.4) is 0 Å². The molecule has 6 nitrogen and oxygen atoms in total. The lowest BCUT2D eigenvalue weighted by molar-refractivity contribution is -0.144. The van der Waals surface area contributed by atoms with Crippen LogP contribution in [-0.2, 0) is 16.2 Å². The predicted octanol–water partition coefficient (Wildman–Crippen LogP) is 3.61. The molecule has 2 rings (SSSR count). The SMILES string of the molecule is CS(=O)(=O)N(c1ccc(Cl)c(Cl)c1)c1nc(C(F)(F)F)ncc1O. The van der Waals surface area contributed by atoms with Crippen LogP contribution in [0.1, 0.15) is 5.82 Å².